The molecule has 0 aliphatic carbocycles. The summed E-state index contributed by atoms with van der Waals surface area (Å²) in [5.74, 6) is 1.67. The maximum atomic E-state index is 8.86. The van der Waals surface area contributed by atoms with E-state index in [0.717, 1.165) is 38.2 Å². The fraction of sp³-hybridized carbons (Fsp3) is 0.750. The van der Waals surface area contributed by atoms with Crippen LogP contribution in [0.1, 0.15) is 44.4 Å². The van der Waals surface area contributed by atoms with Crippen molar-refractivity contribution in [3.63, 3.8) is 0 Å². The predicted octanol–water partition coefficient (Wildman–Crippen LogP) is 1.93. The minimum atomic E-state index is 0.155. The predicted molar refractivity (Wildman–Crippen MR) is 62.0 cm³/mol. The largest absolute Gasteiger partial charge is 0.338 e. The van der Waals surface area contributed by atoms with Crippen molar-refractivity contribution >= 4 is 0 Å². The Morgan fingerprint density at radius 2 is 2.24 bits per heavy atom. The van der Waals surface area contributed by atoms with Crippen LogP contribution in [0.15, 0.2) is 4.52 Å². The van der Waals surface area contributed by atoms with E-state index >= 15 is 0 Å². The zero-order valence-corrected chi connectivity index (χ0v) is 10.4. The highest BCUT2D eigenvalue weighted by Gasteiger charge is 2.26. The number of rotatable bonds is 3. The average Bonchev–Trinajstić information content (AvgIpc) is 2.87. The number of aryl methyl sites for hydroxylation is 1. The van der Waals surface area contributed by atoms with Crippen molar-refractivity contribution in [2.45, 2.75) is 39.2 Å². The standard InChI is InChI=1S/C12H18N4O/c1-3-11-14-12(17-15-11)9(2)16-6-4-10(8-13)5-7-16/h9-10H,3-7H2,1-2H3. The summed E-state index contributed by atoms with van der Waals surface area (Å²) < 4.78 is 5.26. The number of hydrogen-bond donors (Lipinski definition) is 0. The Bertz CT molecular complexity index is 401. The van der Waals surface area contributed by atoms with E-state index in [9.17, 15) is 0 Å². The van der Waals surface area contributed by atoms with Gasteiger partial charge in [-0.3, -0.25) is 4.90 Å². The van der Waals surface area contributed by atoms with Gasteiger partial charge >= 0.3 is 0 Å². The van der Waals surface area contributed by atoms with Crippen molar-refractivity contribution in [1.82, 2.24) is 15.0 Å². The van der Waals surface area contributed by atoms with Gasteiger partial charge in [-0.2, -0.15) is 10.2 Å². The Hall–Kier alpha value is -1.41. The molecule has 17 heavy (non-hydrogen) atoms. The monoisotopic (exact) mass is 234 g/mol. The summed E-state index contributed by atoms with van der Waals surface area (Å²) >= 11 is 0. The van der Waals surface area contributed by atoms with Gasteiger partial charge in [0, 0.05) is 25.4 Å². The Morgan fingerprint density at radius 3 is 2.76 bits per heavy atom. The number of nitrogens with zero attached hydrogens (tertiary/aromatic N) is 4. The van der Waals surface area contributed by atoms with Crippen LogP contribution in [0.5, 0.6) is 0 Å². The van der Waals surface area contributed by atoms with E-state index < -0.39 is 0 Å². The Kier molecular flexibility index (Phi) is 3.75. The zero-order chi connectivity index (χ0) is 12.3. The van der Waals surface area contributed by atoms with E-state index in [1.165, 1.54) is 0 Å². The molecule has 1 fully saturated rings. The smallest absolute Gasteiger partial charge is 0.243 e. The maximum Gasteiger partial charge on any atom is 0.243 e. The van der Waals surface area contributed by atoms with E-state index in [-0.39, 0.29) is 12.0 Å². The molecular weight excluding hydrogens is 216 g/mol. The van der Waals surface area contributed by atoms with Crippen LogP contribution in [0.4, 0.5) is 0 Å². The van der Waals surface area contributed by atoms with E-state index in [1.807, 2.05) is 6.92 Å². The highest BCUT2D eigenvalue weighted by atomic mass is 16.5. The lowest BCUT2D eigenvalue weighted by atomic mass is 9.97. The second-order valence-corrected chi connectivity index (χ2v) is 4.52. The van der Waals surface area contributed by atoms with Crippen LogP contribution in [0.3, 0.4) is 0 Å². The van der Waals surface area contributed by atoms with Crippen LogP contribution in [-0.4, -0.2) is 28.1 Å². The van der Waals surface area contributed by atoms with Gasteiger partial charge in [0.2, 0.25) is 5.89 Å². The molecule has 1 aliphatic rings. The van der Waals surface area contributed by atoms with Gasteiger partial charge in [-0.05, 0) is 19.8 Å². The molecule has 1 saturated heterocycles. The number of nitriles is 1. The fourth-order valence-electron chi connectivity index (χ4n) is 2.15. The number of likely N-dealkylation sites (tertiary alicyclic amines) is 1. The van der Waals surface area contributed by atoms with Gasteiger partial charge in [0.1, 0.15) is 0 Å². The van der Waals surface area contributed by atoms with Crippen LogP contribution in [0, 0.1) is 17.2 Å². The summed E-state index contributed by atoms with van der Waals surface area (Å²) in [6.45, 7) is 5.96. The summed E-state index contributed by atoms with van der Waals surface area (Å²) in [5.41, 5.74) is 0. The fourth-order valence-corrected chi connectivity index (χ4v) is 2.15. The average molecular weight is 234 g/mol. The molecule has 5 nitrogen and oxygen atoms in total. The van der Waals surface area contributed by atoms with Gasteiger partial charge in [0.15, 0.2) is 5.82 Å². The maximum absolute atomic E-state index is 8.86. The molecule has 0 bridgehead atoms. The third kappa shape index (κ3) is 2.64. The van der Waals surface area contributed by atoms with Gasteiger partial charge < -0.3 is 4.52 Å². The molecular formula is C12H18N4O. The Labute approximate surface area is 101 Å². The van der Waals surface area contributed by atoms with Crippen LogP contribution >= 0.6 is 0 Å². The van der Waals surface area contributed by atoms with Crippen molar-refractivity contribution in [3.05, 3.63) is 11.7 Å². The van der Waals surface area contributed by atoms with Crippen molar-refractivity contribution in [2.24, 2.45) is 5.92 Å². The lowest BCUT2D eigenvalue weighted by Gasteiger charge is -2.32. The number of aromatic nitrogens is 2. The summed E-state index contributed by atoms with van der Waals surface area (Å²) in [6, 6.07) is 2.49. The van der Waals surface area contributed by atoms with E-state index in [4.69, 9.17) is 9.78 Å². The molecule has 0 N–H and O–H groups in total. The minimum Gasteiger partial charge on any atom is -0.338 e. The van der Waals surface area contributed by atoms with E-state index in [2.05, 4.69) is 28.0 Å². The molecule has 0 aromatic carbocycles. The topological polar surface area (TPSA) is 66.0 Å². The van der Waals surface area contributed by atoms with Crippen molar-refractivity contribution in [1.29, 1.82) is 5.26 Å². The Balaban J connectivity index is 1.96. The molecule has 2 heterocycles. The summed E-state index contributed by atoms with van der Waals surface area (Å²) in [4.78, 5) is 6.66. The van der Waals surface area contributed by atoms with Gasteiger partial charge in [-0.15, -0.1) is 0 Å². The second kappa shape index (κ2) is 5.28. The molecule has 0 spiro atoms. The van der Waals surface area contributed by atoms with Crippen molar-refractivity contribution in [2.75, 3.05) is 13.1 Å². The molecule has 0 saturated carbocycles. The number of piperidine rings is 1. The van der Waals surface area contributed by atoms with E-state index in [1.54, 1.807) is 0 Å². The normalized spacial score (nSPS) is 20.1. The third-order valence-corrected chi connectivity index (χ3v) is 3.42. The van der Waals surface area contributed by atoms with Gasteiger partial charge in [-0.1, -0.05) is 12.1 Å². The second-order valence-electron chi connectivity index (χ2n) is 4.52. The molecule has 1 aliphatic heterocycles. The lowest BCUT2D eigenvalue weighted by Crippen LogP contribution is -2.35. The van der Waals surface area contributed by atoms with Crippen LogP contribution in [0.25, 0.3) is 0 Å². The van der Waals surface area contributed by atoms with Gasteiger partial charge in [0.05, 0.1) is 12.1 Å². The van der Waals surface area contributed by atoms with Crippen LogP contribution in [0.2, 0.25) is 0 Å². The molecule has 1 aromatic rings. The van der Waals surface area contributed by atoms with E-state index in [0.29, 0.717) is 5.89 Å². The highest BCUT2D eigenvalue weighted by molar-refractivity contribution is 4.95. The van der Waals surface area contributed by atoms with Crippen molar-refractivity contribution in [3.8, 4) is 6.07 Å². The highest BCUT2D eigenvalue weighted by Crippen LogP contribution is 2.25. The molecule has 1 atom stereocenters. The first-order chi connectivity index (χ1) is 8.24. The summed E-state index contributed by atoms with van der Waals surface area (Å²) in [7, 11) is 0. The first-order valence-corrected chi connectivity index (χ1v) is 6.20. The SMILES string of the molecule is CCc1noc(C(C)N2CCC(C#N)CC2)n1. The molecule has 0 radical (unpaired) electrons. The first-order valence-electron chi connectivity index (χ1n) is 6.20. The summed E-state index contributed by atoms with van der Waals surface area (Å²) in [5, 5.41) is 12.8. The zero-order valence-electron chi connectivity index (χ0n) is 10.4. The minimum absolute atomic E-state index is 0.155. The molecule has 5 heteroatoms. The molecule has 1 unspecified atom stereocenters. The summed E-state index contributed by atoms with van der Waals surface area (Å²) in [6.07, 6.45) is 2.68. The van der Waals surface area contributed by atoms with Crippen molar-refractivity contribution < 1.29 is 4.52 Å². The lowest BCUT2D eigenvalue weighted by molar-refractivity contribution is 0.132. The molecule has 1 aromatic heterocycles. The first kappa shape index (κ1) is 12.1. The molecule has 2 rings (SSSR count). The quantitative estimate of drug-likeness (QED) is 0.799. The molecule has 92 valence electrons. The van der Waals surface area contributed by atoms with Crippen LogP contribution < -0.4 is 0 Å². The third-order valence-electron chi connectivity index (χ3n) is 3.42. The number of hydrogen-bond acceptors (Lipinski definition) is 5. The Morgan fingerprint density at radius 1 is 1.53 bits per heavy atom. The van der Waals surface area contributed by atoms with Crippen LogP contribution in [-0.2, 0) is 6.42 Å². The van der Waals surface area contributed by atoms with Gasteiger partial charge in [0.25, 0.3) is 0 Å². The van der Waals surface area contributed by atoms with Gasteiger partial charge in [-0.25, -0.2) is 0 Å². The molecule has 0 amide bonds.